The van der Waals surface area contributed by atoms with E-state index in [9.17, 15) is 19.1 Å². The average molecular weight is 345 g/mol. The molecule has 25 heavy (non-hydrogen) atoms. The number of nitrogens with one attached hydrogen (secondary N) is 1. The highest BCUT2D eigenvalue weighted by Crippen LogP contribution is 2.20. The Morgan fingerprint density at radius 2 is 1.72 bits per heavy atom. The molecule has 0 aliphatic carbocycles. The predicted octanol–water partition coefficient (Wildman–Crippen LogP) is 2.97. The van der Waals surface area contributed by atoms with Gasteiger partial charge in [0.15, 0.2) is 5.60 Å². The number of aliphatic carboxylic acids is 1. The van der Waals surface area contributed by atoms with Crippen LogP contribution in [0.5, 0.6) is 5.75 Å². The minimum atomic E-state index is -1.24. The van der Waals surface area contributed by atoms with E-state index in [4.69, 9.17) is 4.74 Å². The fraction of sp³-hybridized carbons (Fsp3) is 0.263. The summed E-state index contributed by atoms with van der Waals surface area (Å²) in [4.78, 5) is 23.9. The zero-order chi connectivity index (χ0) is 18.4. The van der Waals surface area contributed by atoms with Gasteiger partial charge >= 0.3 is 5.97 Å². The number of halogens is 1. The van der Waals surface area contributed by atoms with E-state index in [-0.39, 0.29) is 6.54 Å². The van der Waals surface area contributed by atoms with Crippen LogP contribution in [0.2, 0.25) is 0 Å². The highest BCUT2D eigenvalue weighted by molar-refractivity contribution is 5.85. The number of carboxylic acid groups (broad SMARTS) is 1. The third-order valence-corrected chi connectivity index (χ3v) is 3.70. The van der Waals surface area contributed by atoms with Crippen LogP contribution in [-0.2, 0) is 9.59 Å². The molecule has 6 heteroatoms. The Morgan fingerprint density at radius 3 is 2.28 bits per heavy atom. The Kier molecular flexibility index (Phi) is 5.75. The zero-order valence-electron chi connectivity index (χ0n) is 14.0. The molecule has 0 aliphatic rings. The van der Waals surface area contributed by atoms with Crippen molar-refractivity contribution in [2.75, 3.05) is 6.54 Å². The van der Waals surface area contributed by atoms with E-state index >= 15 is 0 Å². The second kappa shape index (κ2) is 7.79. The largest absolute Gasteiger partial charge is 0.481 e. The molecule has 1 unspecified atom stereocenters. The summed E-state index contributed by atoms with van der Waals surface area (Å²) in [5.41, 5.74) is -0.634. The summed E-state index contributed by atoms with van der Waals surface area (Å²) in [6.45, 7) is 3.06. The van der Waals surface area contributed by atoms with Gasteiger partial charge in [-0.1, -0.05) is 30.3 Å². The summed E-state index contributed by atoms with van der Waals surface area (Å²) in [5, 5.41) is 12.0. The molecule has 2 rings (SSSR count). The molecule has 2 aromatic rings. The molecule has 0 saturated carbocycles. The van der Waals surface area contributed by atoms with Crippen molar-refractivity contribution in [1.29, 1.82) is 0 Å². The van der Waals surface area contributed by atoms with Crippen molar-refractivity contribution in [3.63, 3.8) is 0 Å². The first-order chi connectivity index (χ1) is 11.8. The summed E-state index contributed by atoms with van der Waals surface area (Å²) in [5.74, 6) is -2.39. The standard InChI is InChI=1S/C19H20FNO4/c1-19(2,25-15-10-8-14(20)9-11-15)18(24)21-12-16(17(22)23)13-6-4-3-5-7-13/h3-11,16H,12H2,1-2H3,(H,21,24)(H,22,23). The second-order valence-corrected chi connectivity index (χ2v) is 6.08. The third kappa shape index (κ3) is 5.04. The van der Waals surface area contributed by atoms with Gasteiger partial charge in [0.1, 0.15) is 11.6 Å². The lowest BCUT2D eigenvalue weighted by Gasteiger charge is -2.26. The fourth-order valence-corrected chi connectivity index (χ4v) is 2.28. The minimum absolute atomic E-state index is 0.0611. The monoisotopic (exact) mass is 345 g/mol. The number of carbonyl (C=O) groups is 2. The van der Waals surface area contributed by atoms with E-state index in [1.807, 2.05) is 0 Å². The van der Waals surface area contributed by atoms with Gasteiger partial charge in [-0.2, -0.15) is 0 Å². The van der Waals surface area contributed by atoms with Crippen LogP contribution < -0.4 is 10.1 Å². The molecule has 2 N–H and O–H groups in total. The molecule has 2 aromatic carbocycles. The normalized spacial score (nSPS) is 12.3. The Morgan fingerprint density at radius 1 is 1.12 bits per heavy atom. The minimum Gasteiger partial charge on any atom is -0.481 e. The maximum Gasteiger partial charge on any atom is 0.312 e. The van der Waals surface area contributed by atoms with E-state index in [1.165, 1.54) is 24.3 Å². The van der Waals surface area contributed by atoms with Crippen molar-refractivity contribution in [3.8, 4) is 5.75 Å². The molecule has 1 atom stereocenters. The van der Waals surface area contributed by atoms with E-state index in [2.05, 4.69) is 5.32 Å². The molecule has 0 fully saturated rings. The van der Waals surface area contributed by atoms with Crippen LogP contribution in [0.4, 0.5) is 4.39 Å². The summed E-state index contributed by atoms with van der Waals surface area (Å²) in [6, 6.07) is 14.0. The summed E-state index contributed by atoms with van der Waals surface area (Å²) < 4.78 is 18.5. The number of carboxylic acids is 1. The SMILES string of the molecule is CC(C)(Oc1ccc(F)cc1)C(=O)NCC(C(=O)O)c1ccccc1. The molecule has 0 aromatic heterocycles. The maximum absolute atomic E-state index is 12.9. The average Bonchev–Trinajstić information content (AvgIpc) is 2.57. The van der Waals surface area contributed by atoms with E-state index in [0.29, 0.717) is 11.3 Å². The highest BCUT2D eigenvalue weighted by atomic mass is 19.1. The smallest absolute Gasteiger partial charge is 0.312 e. The molecule has 1 amide bonds. The lowest BCUT2D eigenvalue weighted by Crippen LogP contribution is -2.48. The number of ether oxygens (including phenoxy) is 1. The maximum atomic E-state index is 12.9. The van der Waals surface area contributed by atoms with Gasteiger partial charge in [0.2, 0.25) is 0 Å². The quantitative estimate of drug-likeness (QED) is 0.809. The molecule has 132 valence electrons. The first kappa shape index (κ1) is 18.4. The second-order valence-electron chi connectivity index (χ2n) is 6.08. The molecule has 0 saturated heterocycles. The van der Waals surface area contributed by atoms with Gasteiger partial charge in [-0.3, -0.25) is 9.59 Å². The van der Waals surface area contributed by atoms with Gasteiger partial charge < -0.3 is 15.2 Å². The lowest BCUT2D eigenvalue weighted by atomic mass is 9.99. The van der Waals surface area contributed by atoms with Gasteiger partial charge in [-0.15, -0.1) is 0 Å². The Balaban J connectivity index is 2.01. The number of hydrogen-bond donors (Lipinski definition) is 2. The molecule has 0 radical (unpaired) electrons. The Bertz CT molecular complexity index is 729. The summed E-state index contributed by atoms with van der Waals surface area (Å²) in [6.07, 6.45) is 0. The lowest BCUT2D eigenvalue weighted by molar-refractivity contribution is -0.139. The van der Waals surface area contributed by atoms with Crippen molar-refractivity contribution in [2.24, 2.45) is 0 Å². The first-order valence-electron chi connectivity index (χ1n) is 7.80. The molecule has 0 aliphatic heterocycles. The van der Waals surface area contributed by atoms with Crippen LogP contribution in [0.3, 0.4) is 0 Å². The van der Waals surface area contributed by atoms with Crippen LogP contribution in [0.1, 0.15) is 25.3 Å². The number of carbonyl (C=O) groups excluding carboxylic acids is 1. The van der Waals surface area contributed by atoms with Crippen LogP contribution in [0.15, 0.2) is 54.6 Å². The molecule has 0 bridgehead atoms. The molecular formula is C19H20FNO4. The summed E-state index contributed by atoms with van der Waals surface area (Å²) >= 11 is 0. The van der Waals surface area contributed by atoms with Gasteiger partial charge in [-0.25, -0.2) is 4.39 Å². The summed E-state index contributed by atoms with van der Waals surface area (Å²) in [7, 11) is 0. The van der Waals surface area contributed by atoms with E-state index in [1.54, 1.807) is 44.2 Å². The molecule has 5 nitrogen and oxygen atoms in total. The van der Waals surface area contributed by atoms with Crippen LogP contribution in [0, 0.1) is 5.82 Å². The van der Waals surface area contributed by atoms with Crippen molar-refractivity contribution in [1.82, 2.24) is 5.32 Å². The molecule has 0 heterocycles. The van der Waals surface area contributed by atoms with Crippen LogP contribution in [-0.4, -0.2) is 29.1 Å². The highest BCUT2D eigenvalue weighted by Gasteiger charge is 2.31. The fourth-order valence-electron chi connectivity index (χ4n) is 2.28. The van der Waals surface area contributed by atoms with Crippen molar-refractivity contribution < 1.29 is 23.8 Å². The van der Waals surface area contributed by atoms with Gasteiger partial charge in [0.25, 0.3) is 5.91 Å². The Hall–Kier alpha value is -2.89. The van der Waals surface area contributed by atoms with E-state index in [0.717, 1.165) is 0 Å². The van der Waals surface area contributed by atoms with Crippen molar-refractivity contribution in [3.05, 3.63) is 66.0 Å². The van der Waals surface area contributed by atoms with Gasteiger partial charge in [0.05, 0.1) is 5.92 Å². The zero-order valence-corrected chi connectivity index (χ0v) is 14.0. The number of benzene rings is 2. The van der Waals surface area contributed by atoms with Crippen LogP contribution in [0.25, 0.3) is 0 Å². The topological polar surface area (TPSA) is 75.6 Å². The van der Waals surface area contributed by atoms with Crippen molar-refractivity contribution in [2.45, 2.75) is 25.4 Å². The number of rotatable bonds is 7. The molecular weight excluding hydrogens is 325 g/mol. The Labute approximate surface area is 145 Å². The van der Waals surface area contributed by atoms with Crippen LogP contribution >= 0.6 is 0 Å². The van der Waals surface area contributed by atoms with E-state index < -0.39 is 29.2 Å². The third-order valence-electron chi connectivity index (χ3n) is 3.70. The van der Waals surface area contributed by atoms with Gasteiger partial charge in [0, 0.05) is 6.54 Å². The number of amides is 1. The first-order valence-corrected chi connectivity index (χ1v) is 7.80. The van der Waals surface area contributed by atoms with Crippen molar-refractivity contribution >= 4 is 11.9 Å². The molecule has 0 spiro atoms. The predicted molar refractivity (Wildman–Crippen MR) is 90.9 cm³/mol. The number of hydrogen-bond acceptors (Lipinski definition) is 3. The van der Waals surface area contributed by atoms with Gasteiger partial charge in [-0.05, 0) is 43.7 Å².